The first-order chi connectivity index (χ1) is 7.61. The predicted octanol–water partition coefficient (Wildman–Crippen LogP) is -0.878. The molecule has 7 heteroatoms. The zero-order valence-electron chi connectivity index (χ0n) is 8.09. The van der Waals surface area contributed by atoms with E-state index < -0.39 is 29.4 Å². The van der Waals surface area contributed by atoms with Crippen molar-refractivity contribution in [2.75, 3.05) is 6.61 Å². The third-order valence-corrected chi connectivity index (χ3v) is 2.18. The molecule has 0 unspecified atom stereocenters. The molecule has 1 aromatic heterocycles. The summed E-state index contributed by atoms with van der Waals surface area (Å²) >= 11 is 0. The van der Waals surface area contributed by atoms with Crippen LogP contribution in [0, 0.1) is 5.82 Å². The van der Waals surface area contributed by atoms with E-state index in [0.29, 0.717) is 0 Å². The van der Waals surface area contributed by atoms with E-state index in [2.05, 4.69) is 0 Å². The molecule has 1 aliphatic rings. The Morgan fingerprint density at radius 2 is 2.25 bits per heavy atom. The van der Waals surface area contributed by atoms with Gasteiger partial charge >= 0.3 is 5.69 Å². The molecule has 2 rings (SSSR count). The number of H-pyrrole nitrogens is 1. The van der Waals surface area contributed by atoms with Crippen LogP contribution in [0.1, 0.15) is 6.23 Å². The summed E-state index contributed by atoms with van der Waals surface area (Å²) < 4.78 is 19.1. The molecule has 0 fully saturated rings. The van der Waals surface area contributed by atoms with Gasteiger partial charge in [-0.05, 0) is 6.08 Å². The summed E-state index contributed by atoms with van der Waals surface area (Å²) in [5.74, 6) is -1.07. The maximum Gasteiger partial charge on any atom is 0.330 e. The molecular formula is C9H9FN2O4. The first kappa shape index (κ1) is 10.8. The van der Waals surface area contributed by atoms with Crippen molar-refractivity contribution in [1.29, 1.82) is 0 Å². The first-order valence-corrected chi connectivity index (χ1v) is 4.57. The van der Waals surface area contributed by atoms with E-state index in [9.17, 15) is 14.0 Å². The number of aliphatic hydroxyl groups is 1. The fourth-order valence-electron chi connectivity index (χ4n) is 1.40. The molecule has 0 spiro atoms. The van der Waals surface area contributed by atoms with Crippen LogP contribution < -0.4 is 11.2 Å². The minimum atomic E-state index is -1.07. The number of hydrogen-bond donors (Lipinski definition) is 2. The smallest absolute Gasteiger partial charge is 0.330 e. The zero-order chi connectivity index (χ0) is 11.7. The molecule has 86 valence electrons. The predicted molar refractivity (Wildman–Crippen MR) is 51.4 cm³/mol. The largest absolute Gasteiger partial charge is 0.393 e. The Hall–Kier alpha value is -1.73. The lowest BCUT2D eigenvalue weighted by Crippen LogP contribution is -2.34. The highest BCUT2D eigenvalue weighted by Gasteiger charge is 2.21. The maximum absolute atomic E-state index is 13.0. The molecule has 2 atom stereocenters. The van der Waals surface area contributed by atoms with Gasteiger partial charge in [0.15, 0.2) is 6.23 Å². The third kappa shape index (κ3) is 1.82. The van der Waals surface area contributed by atoms with Crippen molar-refractivity contribution in [3.63, 3.8) is 0 Å². The number of aliphatic hydroxyl groups excluding tert-OH is 1. The SMILES string of the molecule is O=c1[nH]c(=O)n([C@@H]2C=C[C@@H](CO)O2)cc1F. The average molecular weight is 228 g/mol. The van der Waals surface area contributed by atoms with Crippen LogP contribution in [-0.4, -0.2) is 27.4 Å². The summed E-state index contributed by atoms with van der Waals surface area (Å²) in [6, 6.07) is 0. The van der Waals surface area contributed by atoms with Crippen LogP contribution in [0.15, 0.2) is 27.9 Å². The van der Waals surface area contributed by atoms with Gasteiger partial charge in [-0.3, -0.25) is 14.3 Å². The molecular weight excluding hydrogens is 219 g/mol. The van der Waals surface area contributed by atoms with Gasteiger partial charge in [-0.25, -0.2) is 4.79 Å². The van der Waals surface area contributed by atoms with E-state index in [-0.39, 0.29) is 6.61 Å². The molecule has 1 aliphatic heterocycles. The molecule has 0 radical (unpaired) electrons. The number of rotatable bonds is 2. The molecule has 16 heavy (non-hydrogen) atoms. The summed E-state index contributed by atoms with van der Waals surface area (Å²) in [5.41, 5.74) is -1.83. The Bertz CT molecular complexity index is 533. The summed E-state index contributed by atoms with van der Waals surface area (Å²) in [6.07, 6.45) is 2.50. The molecule has 0 aromatic carbocycles. The van der Waals surface area contributed by atoms with E-state index >= 15 is 0 Å². The van der Waals surface area contributed by atoms with Crippen LogP contribution >= 0.6 is 0 Å². The van der Waals surface area contributed by atoms with Crippen LogP contribution in [0.25, 0.3) is 0 Å². The van der Waals surface area contributed by atoms with E-state index in [1.807, 2.05) is 4.98 Å². The summed E-state index contributed by atoms with van der Waals surface area (Å²) in [4.78, 5) is 23.9. The highest BCUT2D eigenvalue weighted by Crippen LogP contribution is 2.18. The van der Waals surface area contributed by atoms with Gasteiger partial charge in [-0.1, -0.05) is 6.08 Å². The number of hydrogen-bond acceptors (Lipinski definition) is 4. The van der Waals surface area contributed by atoms with Crippen LogP contribution in [0.4, 0.5) is 4.39 Å². The number of ether oxygens (including phenoxy) is 1. The Labute approximate surface area is 88.6 Å². The summed E-state index contributed by atoms with van der Waals surface area (Å²) in [6.45, 7) is -0.229. The molecule has 0 bridgehead atoms. The van der Waals surface area contributed by atoms with Gasteiger partial charge in [0.2, 0.25) is 5.82 Å². The monoisotopic (exact) mass is 228 g/mol. The lowest BCUT2D eigenvalue weighted by molar-refractivity contribution is -0.0108. The van der Waals surface area contributed by atoms with Gasteiger partial charge < -0.3 is 9.84 Å². The van der Waals surface area contributed by atoms with Gasteiger partial charge in [-0.2, -0.15) is 4.39 Å². The van der Waals surface area contributed by atoms with Crippen LogP contribution in [0.2, 0.25) is 0 Å². The standard InChI is InChI=1S/C9H9FN2O4/c10-6-3-12(9(15)11-8(6)14)7-2-1-5(4-13)16-7/h1-3,5,7,13H,4H2,(H,11,14,15)/t5-,7-/m0/s1. The van der Waals surface area contributed by atoms with Crippen molar-refractivity contribution in [3.05, 3.63) is 45.0 Å². The van der Waals surface area contributed by atoms with Crippen molar-refractivity contribution in [2.45, 2.75) is 12.3 Å². The average Bonchev–Trinajstić information content (AvgIpc) is 2.71. The molecule has 1 aromatic rings. The van der Waals surface area contributed by atoms with Gasteiger partial charge in [0.1, 0.15) is 6.10 Å². The van der Waals surface area contributed by atoms with Crippen molar-refractivity contribution in [1.82, 2.24) is 9.55 Å². The number of halogens is 1. The van der Waals surface area contributed by atoms with Gasteiger partial charge in [0.25, 0.3) is 5.56 Å². The zero-order valence-corrected chi connectivity index (χ0v) is 8.09. The van der Waals surface area contributed by atoms with Gasteiger partial charge in [-0.15, -0.1) is 0 Å². The Morgan fingerprint density at radius 1 is 1.50 bits per heavy atom. The van der Waals surface area contributed by atoms with E-state index in [0.717, 1.165) is 10.8 Å². The summed E-state index contributed by atoms with van der Waals surface area (Å²) in [7, 11) is 0. The summed E-state index contributed by atoms with van der Waals surface area (Å²) in [5, 5.41) is 8.80. The fourth-order valence-corrected chi connectivity index (χ4v) is 1.40. The lowest BCUT2D eigenvalue weighted by atomic mass is 10.4. The minimum Gasteiger partial charge on any atom is -0.393 e. The van der Waals surface area contributed by atoms with Crippen molar-refractivity contribution < 1.29 is 14.2 Å². The lowest BCUT2D eigenvalue weighted by Gasteiger charge is -2.14. The van der Waals surface area contributed by atoms with E-state index in [4.69, 9.17) is 9.84 Å². The first-order valence-electron chi connectivity index (χ1n) is 4.57. The normalized spacial score (nSPS) is 23.9. The van der Waals surface area contributed by atoms with Crippen LogP contribution in [0.5, 0.6) is 0 Å². The Morgan fingerprint density at radius 3 is 2.88 bits per heavy atom. The van der Waals surface area contributed by atoms with Crippen molar-refractivity contribution in [2.24, 2.45) is 0 Å². The molecule has 6 nitrogen and oxygen atoms in total. The Balaban J connectivity index is 2.36. The highest BCUT2D eigenvalue weighted by atomic mass is 19.1. The van der Waals surface area contributed by atoms with Gasteiger partial charge in [0.05, 0.1) is 12.8 Å². The second-order valence-electron chi connectivity index (χ2n) is 3.28. The van der Waals surface area contributed by atoms with Crippen molar-refractivity contribution in [3.8, 4) is 0 Å². The maximum atomic E-state index is 13.0. The van der Waals surface area contributed by atoms with Crippen LogP contribution in [0.3, 0.4) is 0 Å². The molecule has 0 aliphatic carbocycles. The highest BCUT2D eigenvalue weighted by molar-refractivity contribution is 5.02. The molecule has 2 N–H and O–H groups in total. The fraction of sp³-hybridized carbons (Fsp3) is 0.333. The number of nitrogens with one attached hydrogen (secondary N) is 1. The topological polar surface area (TPSA) is 84.3 Å². The quantitative estimate of drug-likeness (QED) is 0.644. The minimum absolute atomic E-state index is 0.229. The molecule has 0 saturated heterocycles. The van der Waals surface area contributed by atoms with Crippen LogP contribution in [-0.2, 0) is 4.74 Å². The van der Waals surface area contributed by atoms with Gasteiger partial charge in [0, 0.05) is 0 Å². The number of aromatic nitrogens is 2. The number of nitrogens with zero attached hydrogens (tertiary/aromatic N) is 1. The molecule has 0 saturated carbocycles. The number of aromatic amines is 1. The second-order valence-corrected chi connectivity index (χ2v) is 3.28. The van der Waals surface area contributed by atoms with E-state index in [1.165, 1.54) is 6.08 Å². The third-order valence-electron chi connectivity index (χ3n) is 2.18. The second kappa shape index (κ2) is 4.03. The van der Waals surface area contributed by atoms with E-state index in [1.54, 1.807) is 6.08 Å². The van der Waals surface area contributed by atoms with Crippen molar-refractivity contribution >= 4 is 0 Å². The molecule has 0 amide bonds. The Kier molecular flexibility index (Phi) is 2.71. The molecule has 2 heterocycles.